The molecule has 0 aliphatic heterocycles. The lowest BCUT2D eigenvalue weighted by molar-refractivity contribution is 0.449. The van der Waals surface area contributed by atoms with E-state index < -0.39 is 0 Å². The van der Waals surface area contributed by atoms with Gasteiger partial charge in [0.1, 0.15) is 0 Å². The van der Waals surface area contributed by atoms with Gasteiger partial charge in [-0.3, -0.25) is 4.99 Å². The third-order valence-electron chi connectivity index (χ3n) is 4.00. The van der Waals surface area contributed by atoms with Crippen LogP contribution in [0.2, 0.25) is 0 Å². The van der Waals surface area contributed by atoms with Crippen molar-refractivity contribution in [3.63, 3.8) is 0 Å². The van der Waals surface area contributed by atoms with Gasteiger partial charge >= 0.3 is 0 Å². The predicted molar refractivity (Wildman–Crippen MR) is 101 cm³/mol. The highest BCUT2D eigenvalue weighted by Gasteiger charge is 2.35. The Morgan fingerprint density at radius 2 is 1.76 bits per heavy atom. The molecule has 4 heteroatoms. The van der Waals surface area contributed by atoms with Gasteiger partial charge in [0.25, 0.3) is 0 Å². The minimum atomic E-state index is -0.0385. The third-order valence-corrected chi connectivity index (χ3v) is 4.00. The van der Waals surface area contributed by atoms with Gasteiger partial charge in [-0.2, -0.15) is 0 Å². The van der Waals surface area contributed by atoms with Crippen LogP contribution >= 0.6 is 24.0 Å². The van der Waals surface area contributed by atoms with E-state index in [0.29, 0.717) is 5.96 Å². The van der Waals surface area contributed by atoms with Crippen LogP contribution in [0.1, 0.15) is 52.0 Å². The van der Waals surface area contributed by atoms with Crippen molar-refractivity contribution in [3.05, 3.63) is 35.9 Å². The fourth-order valence-electron chi connectivity index (χ4n) is 3.04. The topological polar surface area (TPSA) is 50.4 Å². The van der Waals surface area contributed by atoms with Crippen LogP contribution < -0.4 is 11.1 Å². The summed E-state index contributed by atoms with van der Waals surface area (Å²) in [6, 6.07) is 10.8. The number of halogens is 1. The number of guanidine groups is 1. The SMILES string of the molecule is CC(C)(C)NC(N)=NCC1(c2ccccc2)CCCC1.I. The second-order valence-electron chi connectivity index (χ2n) is 6.93. The molecule has 0 bridgehead atoms. The average Bonchev–Trinajstić information content (AvgIpc) is 2.85. The van der Waals surface area contributed by atoms with E-state index in [1.807, 2.05) is 0 Å². The summed E-state index contributed by atoms with van der Waals surface area (Å²) in [5, 5.41) is 3.24. The van der Waals surface area contributed by atoms with E-state index in [-0.39, 0.29) is 34.9 Å². The van der Waals surface area contributed by atoms with Gasteiger partial charge in [0.15, 0.2) is 5.96 Å². The maximum atomic E-state index is 6.01. The molecule has 21 heavy (non-hydrogen) atoms. The summed E-state index contributed by atoms with van der Waals surface area (Å²) in [7, 11) is 0. The lowest BCUT2D eigenvalue weighted by Crippen LogP contribution is -2.45. The lowest BCUT2D eigenvalue weighted by Gasteiger charge is -2.28. The van der Waals surface area contributed by atoms with Gasteiger partial charge in [-0.05, 0) is 39.2 Å². The Morgan fingerprint density at radius 1 is 1.19 bits per heavy atom. The van der Waals surface area contributed by atoms with E-state index >= 15 is 0 Å². The summed E-state index contributed by atoms with van der Waals surface area (Å²) in [4.78, 5) is 4.62. The number of nitrogens with two attached hydrogens (primary N) is 1. The molecule has 0 saturated heterocycles. The number of nitrogens with zero attached hydrogens (tertiary/aromatic N) is 1. The van der Waals surface area contributed by atoms with Crippen molar-refractivity contribution in [1.29, 1.82) is 0 Å². The average molecular weight is 401 g/mol. The molecule has 2 rings (SSSR count). The zero-order valence-corrected chi connectivity index (χ0v) is 15.7. The zero-order chi connectivity index (χ0) is 14.6. The van der Waals surface area contributed by atoms with E-state index in [9.17, 15) is 0 Å². The van der Waals surface area contributed by atoms with Crippen molar-refractivity contribution >= 4 is 29.9 Å². The smallest absolute Gasteiger partial charge is 0.189 e. The van der Waals surface area contributed by atoms with Crippen molar-refractivity contribution in [2.75, 3.05) is 6.54 Å². The Morgan fingerprint density at radius 3 is 2.29 bits per heavy atom. The van der Waals surface area contributed by atoms with Crippen LogP contribution in [0, 0.1) is 0 Å². The van der Waals surface area contributed by atoms with Crippen molar-refractivity contribution in [2.24, 2.45) is 10.7 Å². The van der Waals surface area contributed by atoms with E-state index in [4.69, 9.17) is 5.73 Å². The molecule has 118 valence electrons. The highest BCUT2D eigenvalue weighted by molar-refractivity contribution is 14.0. The van der Waals surface area contributed by atoms with Crippen LogP contribution in [-0.2, 0) is 5.41 Å². The minimum absolute atomic E-state index is 0. The van der Waals surface area contributed by atoms with E-state index in [2.05, 4.69) is 61.4 Å². The monoisotopic (exact) mass is 401 g/mol. The van der Waals surface area contributed by atoms with Crippen LogP contribution in [0.5, 0.6) is 0 Å². The van der Waals surface area contributed by atoms with E-state index in [0.717, 1.165) is 6.54 Å². The molecule has 1 aromatic carbocycles. The maximum Gasteiger partial charge on any atom is 0.189 e. The molecule has 0 heterocycles. The standard InChI is InChI=1S/C17H27N3.HI/c1-16(2,3)20-15(18)19-13-17(11-7-8-12-17)14-9-5-4-6-10-14;/h4-6,9-10H,7-8,11-13H2,1-3H3,(H3,18,19,20);1H. The first-order valence-corrected chi connectivity index (χ1v) is 7.55. The highest BCUT2D eigenvalue weighted by Crippen LogP contribution is 2.41. The van der Waals surface area contributed by atoms with Gasteiger partial charge in [-0.1, -0.05) is 43.2 Å². The Balaban J connectivity index is 0.00000220. The second-order valence-corrected chi connectivity index (χ2v) is 6.93. The fraction of sp³-hybridized carbons (Fsp3) is 0.588. The summed E-state index contributed by atoms with van der Waals surface area (Å²) in [5.41, 5.74) is 7.57. The molecule has 0 atom stereocenters. The molecule has 1 aliphatic carbocycles. The fourth-order valence-corrected chi connectivity index (χ4v) is 3.04. The van der Waals surface area contributed by atoms with Crippen molar-refractivity contribution < 1.29 is 0 Å². The summed E-state index contributed by atoms with van der Waals surface area (Å²) in [6.45, 7) is 7.07. The number of benzene rings is 1. The quantitative estimate of drug-likeness (QED) is 0.460. The van der Waals surface area contributed by atoms with Gasteiger partial charge in [0, 0.05) is 11.0 Å². The number of hydrogen-bond donors (Lipinski definition) is 2. The largest absolute Gasteiger partial charge is 0.370 e. The Bertz CT molecular complexity index is 457. The second kappa shape index (κ2) is 7.47. The van der Waals surface area contributed by atoms with Crippen molar-refractivity contribution in [2.45, 2.75) is 57.4 Å². The van der Waals surface area contributed by atoms with E-state index in [1.54, 1.807) is 0 Å². The van der Waals surface area contributed by atoms with Crippen LogP contribution in [0.15, 0.2) is 35.3 Å². The van der Waals surface area contributed by atoms with Gasteiger partial charge in [0.2, 0.25) is 0 Å². The normalized spacial score (nSPS) is 18.1. The number of nitrogens with one attached hydrogen (secondary N) is 1. The predicted octanol–water partition coefficient (Wildman–Crippen LogP) is 3.82. The van der Waals surface area contributed by atoms with Crippen molar-refractivity contribution in [1.82, 2.24) is 5.32 Å². The molecule has 1 fully saturated rings. The van der Waals surface area contributed by atoms with Crippen molar-refractivity contribution in [3.8, 4) is 0 Å². The van der Waals surface area contributed by atoms with E-state index in [1.165, 1.54) is 31.2 Å². The van der Waals surface area contributed by atoms with Gasteiger partial charge in [0.05, 0.1) is 6.54 Å². The molecule has 1 aromatic rings. The van der Waals surface area contributed by atoms with Gasteiger partial charge in [-0.25, -0.2) is 0 Å². The Kier molecular flexibility index (Phi) is 6.50. The molecule has 1 saturated carbocycles. The molecule has 0 amide bonds. The summed E-state index contributed by atoms with van der Waals surface area (Å²) < 4.78 is 0. The molecule has 3 N–H and O–H groups in total. The maximum absolute atomic E-state index is 6.01. The Hall–Kier alpha value is -0.780. The zero-order valence-electron chi connectivity index (χ0n) is 13.4. The summed E-state index contributed by atoms with van der Waals surface area (Å²) in [6.07, 6.45) is 5.00. The molecule has 0 spiro atoms. The lowest BCUT2D eigenvalue weighted by atomic mass is 9.79. The van der Waals surface area contributed by atoms with Crippen LogP contribution in [-0.4, -0.2) is 18.0 Å². The number of hydrogen-bond acceptors (Lipinski definition) is 1. The van der Waals surface area contributed by atoms with Crippen LogP contribution in [0.4, 0.5) is 0 Å². The number of rotatable bonds is 3. The third kappa shape index (κ3) is 5.16. The highest BCUT2D eigenvalue weighted by atomic mass is 127. The molecule has 0 radical (unpaired) electrons. The molecular formula is C17H28IN3. The van der Waals surface area contributed by atoms with Crippen LogP contribution in [0.3, 0.4) is 0 Å². The first kappa shape index (κ1) is 18.3. The molecule has 0 aromatic heterocycles. The van der Waals surface area contributed by atoms with Gasteiger partial charge in [-0.15, -0.1) is 24.0 Å². The van der Waals surface area contributed by atoms with Crippen LogP contribution in [0.25, 0.3) is 0 Å². The van der Waals surface area contributed by atoms with Gasteiger partial charge < -0.3 is 11.1 Å². The molecular weight excluding hydrogens is 373 g/mol. The Labute approximate surface area is 145 Å². The summed E-state index contributed by atoms with van der Waals surface area (Å²) >= 11 is 0. The molecule has 3 nitrogen and oxygen atoms in total. The molecule has 0 unspecified atom stereocenters. The number of aliphatic imine (C=N–C) groups is 1. The first-order chi connectivity index (χ1) is 9.41. The molecule has 1 aliphatic rings. The minimum Gasteiger partial charge on any atom is -0.370 e. The summed E-state index contributed by atoms with van der Waals surface area (Å²) in [5.74, 6) is 0.555. The first-order valence-electron chi connectivity index (χ1n) is 7.55.